The molecular formula is C18H21NO3S. The van der Waals surface area contributed by atoms with Crippen LogP contribution in [0.15, 0.2) is 29.0 Å². The van der Waals surface area contributed by atoms with Gasteiger partial charge in [-0.05, 0) is 60.7 Å². The number of esters is 1. The number of thiophene rings is 1. The zero-order valence-corrected chi connectivity index (χ0v) is 14.5. The maximum Gasteiger partial charge on any atom is 0.306 e. The molecule has 0 radical (unpaired) electrons. The van der Waals surface area contributed by atoms with Crippen molar-refractivity contribution < 1.29 is 14.3 Å². The maximum absolute atomic E-state index is 12.0. The van der Waals surface area contributed by atoms with E-state index in [1.54, 1.807) is 11.3 Å². The Bertz CT molecular complexity index is 669. The van der Waals surface area contributed by atoms with Crippen LogP contribution in [0.2, 0.25) is 0 Å². The molecule has 0 aliphatic carbocycles. The molecule has 2 aromatic rings. The van der Waals surface area contributed by atoms with Crippen LogP contribution < -0.4 is 5.32 Å². The van der Waals surface area contributed by atoms with Gasteiger partial charge in [-0.15, -0.1) is 0 Å². The van der Waals surface area contributed by atoms with Crippen LogP contribution in [0.4, 0.5) is 5.69 Å². The second-order valence-corrected chi connectivity index (χ2v) is 6.39. The van der Waals surface area contributed by atoms with Gasteiger partial charge in [-0.2, -0.15) is 11.3 Å². The molecule has 0 saturated carbocycles. The Labute approximate surface area is 140 Å². The second kappa shape index (κ2) is 7.92. The highest BCUT2D eigenvalue weighted by molar-refractivity contribution is 7.07. The molecule has 1 N–H and O–H groups in total. The molecule has 5 heteroatoms. The smallest absolute Gasteiger partial charge is 0.306 e. The van der Waals surface area contributed by atoms with Crippen molar-refractivity contribution in [2.75, 3.05) is 11.9 Å². The Morgan fingerprint density at radius 3 is 2.48 bits per heavy atom. The third kappa shape index (κ3) is 5.21. The van der Waals surface area contributed by atoms with E-state index < -0.39 is 0 Å². The second-order valence-electron chi connectivity index (χ2n) is 5.61. The van der Waals surface area contributed by atoms with Crippen LogP contribution >= 0.6 is 11.3 Å². The van der Waals surface area contributed by atoms with Gasteiger partial charge in [0.05, 0.1) is 0 Å². The van der Waals surface area contributed by atoms with Crippen molar-refractivity contribution in [2.24, 2.45) is 0 Å². The molecule has 0 spiro atoms. The molecule has 0 saturated heterocycles. The van der Waals surface area contributed by atoms with Crippen molar-refractivity contribution in [2.45, 2.75) is 33.6 Å². The molecule has 1 amide bonds. The summed E-state index contributed by atoms with van der Waals surface area (Å²) < 4.78 is 5.03. The van der Waals surface area contributed by atoms with Gasteiger partial charge in [-0.25, -0.2) is 0 Å². The fourth-order valence-electron chi connectivity index (χ4n) is 2.45. The van der Waals surface area contributed by atoms with E-state index in [-0.39, 0.29) is 24.9 Å². The summed E-state index contributed by atoms with van der Waals surface area (Å²) in [5.74, 6) is -0.673. The number of carbonyl (C=O) groups is 2. The van der Waals surface area contributed by atoms with E-state index in [0.29, 0.717) is 6.42 Å². The Balaban J connectivity index is 1.80. The van der Waals surface area contributed by atoms with E-state index in [1.165, 1.54) is 0 Å². The molecule has 2 rings (SSSR count). The van der Waals surface area contributed by atoms with Crippen LogP contribution in [-0.4, -0.2) is 18.5 Å². The SMILES string of the molecule is Cc1cc(C)c(NC(=O)COC(=O)CCc2ccsc2)c(C)c1. The van der Waals surface area contributed by atoms with E-state index >= 15 is 0 Å². The van der Waals surface area contributed by atoms with Gasteiger partial charge in [0.15, 0.2) is 6.61 Å². The summed E-state index contributed by atoms with van der Waals surface area (Å²) in [6.45, 7) is 5.65. The number of anilines is 1. The van der Waals surface area contributed by atoms with Crippen LogP contribution in [0, 0.1) is 20.8 Å². The van der Waals surface area contributed by atoms with Gasteiger partial charge in [-0.3, -0.25) is 9.59 Å². The van der Waals surface area contributed by atoms with Crippen LogP contribution in [0.5, 0.6) is 0 Å². The van der Waals surface area contributed by atoms with E-state index in [2.05, 4.69) is 5.32 Å². The summed E-state index contributed by atoms with van der Waals surface area (Å²) in [6.07, 6.45) is 0.923. The monoisotopic (exact) mass is 331 g/mol. The minimum Gasteiger partial charge on any atom is -0.456 e. The van der Waals surface area contributed by atoms with Gasteiger partial charge >= 0.3 is 5.97 Å². The first-order valence-corrected chi connectivity index (χ1v) is 8.44. The molecule has 0 aliphatic rings. The lowest BCUT2D eigenvalue weighted by Gasteiger charge is -2.13. The third-order valence-electron chi connectivity index (χ3n) is 3.50. The van der Waals surface area contributed by atoms with Crippen molar-refractivity contribution in [1.82, 2.24) is 0 Å². The summed E-state index contributed by atoms with van der Waals surface area (Å²) >= 11 is 1.60. The molecular weight excluding hydrogens is 310 g/mol. The van der Waals surface area contributed by atoms with Crippen molar-refractivity contribution in [3.63, 3.8) is 0 Å². The number of hydrogen-bond donors (Lipinski definition) is 1. The Kier molecular flexibility index (Phi) is 5.93. The number of ether oxygens (including phenoxy) is 1. The summed E-state index contributed by atoms with van der Waals surface area (Å²) in [4.78, 5) is 23.6. The summed E-state index contributed by atoms with van der Waals surface area (Å²) in [6, 6.07) is 6.00. The predicted molar refractivity (Wildman–Crippen MR) is 92.9 cm³/mol. The minimum atomic E-state index is -0.358. The number of rotatable bonds is 6. The van der Waals surface area contributed by atoms with Gasteiger partial charge in [-0.1, -0.05) is 17.7 Å². The Hall–Kier alpha value is -2.14. The van der Waals surface area contributed by atoms with E-state index in [9.17, 15) is 9.59 Å². The van der Waals surface area contributed by atoms with Crippen LogP contribution in [-0.2, 0) is 20.7 Å². The molecule has 0 atom stereocenters. The first-order chi connectivity index (χ1) is 11.0. The first kappa shape index (κ1) is 17.2. The first-order valence-electron chi connectivity index (χ1n) is 7.50. The van der Waals surface area contributed by atoms with E-state index in [0.717, 1.165) is 27.9 Å². The van der Waals surface area contributed by atoms with Gasteiger partial charge in [0.1, 0.15) is 0 Å². The molecule has 0 bridgehead atoms. The van der Waals surface area contributed by atoms with E-state index in [1.807, 2.05) is 49.7 Å². The standard InChI is InChI=1S/C18H21NO3S/c1-12-8-13(2)18(14(3)9-12)19-16(20)10-22-17(21)5-4-15-6-7-23-11-15/h6-9,11H,4-5,10H2,1-3H3,(H,19,20). The third-order valence-corrected chi connectivity index (χ3v) is 4.24. The van der Waals surface area contributed by atoms with Crippen molar-refractivity contribution in [3.8, 4) is 0 Å². The van der Waals surface area contributed by atoms with Crippen LogP contribution in [0.25, 0.3) is 0 Å². The van der Waals surface area contributed by atoms with Gasteiger partial charge < -0.3 is 10.1 Å². The highest BCUT2D eigenvalue weighted by Gasteiger charge is 2.11. The summed E-state index contributed by atoms with van der Waals surface area (Å²) in [5, 5.41) is 6.79. The van der Waals surface area contributed by atoms with Crippen LogP contribution in [0.1, 0.15) is 28.7 Å². The normalized spacial score (nSPS) is 10.4. The van der Waals surface area contributed by atoms with Gasteiger partial charge in [0.2, 0.25) is 0 Å². The Morgan fingerprint density at radius 2 is 1.87 bits per heavy atom. The quantitative estimate of drug-likeness (QED) is 0.819. The lowest BCUT2D eigenvalue weighted by atomic mass is 10.1. The molecule has 23 heavy (non-hydrogen) atoms. The number of nitrogens with one attached hydrogen (secondary N) is 1. The molecule has 1 heterocycles. The van der Waals surface area contributed by atoms with Gasteiger partial charge in [0, 0.05) is 12.1 Å². The number of amides is 1. The Morgan fingerprint density at radius 1 is 1.17 bits per heavy atom. The molecule has 1 aromatic carbocycles. The molecule has 1 aromatic heterocycles. The zero-order chi connectivity index (χ0) is 16.8. The number of aryl methyl sites for hydroxylation is 4. The molecule has 122 valence electrons. The largest absolute Gasteiger partial charge is 0.456 e. The lowest BCUT2D eigenvalue weighted by molar-refractivity contribution is -0.147. The highest BCUT2D eigenvalue weighted by atomic mass is 32.1. The average molecular weight is 331 g/mol. The van der Waals surface area contributed by atoms with Crippen molar-refractivity contribution in [1.29, 1.82) is 0 Å². The molecule has 4 nitrogen and oxygen atoms in total. The fraction of sp³-hybridized carbons (Fsp3) is 0.333. The lowest BCUT2D eigenvalue weighted by Crippen LogP contribution is -2.22. The molecule has 0 unspecified atom stereocenters. The number of carbonyl (C=O) groups excluding carboxylic acids is 2. The summed E-state index contributed by atoms with van der Waals surface area (Å²) in [5.41, 5.74) is 5.05. The number of hydrogen-bond acceptors (Lipinski definition) is 4. The zero-order valence-electron chi connectivity index (χ0n) is 13.6. The fourth-order valence-corrected chi connectivity index (χ4v) is 3.16. The van der Waals surface area contributed by atoms with E-state index in [4.69, 9.17) is 4.74 Å². The average Bonchev–Trinajstić information content (AvgIpc) is 3.00. The maximum atomic E-state index is 12.0. The molecule has 0 aliphatic heterocycles. The number of benzene rings is 1. The van der Waals surface area contributed by atoms with Crippen molar-refractivity contribution in [3.05, 3.63) is 51.2 Å². The predicted octanol–water partition coefficient (Wildman–Crippen LogP) is 3.79. The topological polar surface area (TPSA) is 55.4 Å². The summed E-state index contributed by atoms with van der Waals surface area (Å²) in [7, 11) is 0. The van der Waals surface area contributed by atoms with Gasteiger partial charge in [0.25, 0.3) is 5.91 Å². The molecule has 0 fully saturated rings. The van der Waals surface area contributed by atoms with Crippen molar-refractivity contribution >= 4 is 28.9 Å². The highest BCUT2D eigenvalue weighted by Crippen LogP contribution is 2.21. The van der Waals surface area contributed by atoms with Crippen LogP contribution in [0.3, 0.4) is 0 Å². The minimum absolute atomic E-state index is 0.255.